The maximum Gasteiger partial charge on any atom is 0.311 e. The second-order valence-corrected chi connectivity index (χ2v) is 5.87. The van der Waals surface area contributed by atoms with Crippen LogP contribution in [0, 0.1) is 11.7 Å². The molecule has 0 aliphatic heterocycles. The second-order valence-electron chi connectivity index (χ2n) is 5.26. The maximum atomic E-state index is 14.0. The second kappa shape index (κ2) is 6.97. The minimum Gasteiger partial charge on any atom is -0.481 e. The zero-order chi connectivity index (χ0) is 14.5. The van der Waals surface area contributed by atoms with E-state index in [2.05, 4.69) is 4.72 Å². The summed E-state index contributed by atoms with van der Waals surface area (Å²) in [5.41, 5.74) is 0.975. The number of hydrogen-bond acceptors (Lipinski definition) is 3. The fourth-order valence-electron chi connectivity index (χ4n) is 3.00. The number of hydrogen-bond donors (Lipinski definition) is 2. The van der Waals surface area contributed by atoms with Crippen molar-refractivity contribution < 1.29 is 14.3 Å². The lowest BCUT2D eigenvalue weighted by Gasteiger charge is -2.28. The predicted octanol–water partition coefficient (Wildman–Crippen LogP) is 4.26. The summed E-state index contributed by atoms with van der Waals surface area (Å²) in [6, 6.07) is 4.72. The summed E-state index contributed by atoms with van der Waals surface area (Å²) >= 11 is 1.31. The first-order valence-electron chi connectivity index (χ1n) is 6.94. The average Bonchev–Trinajstić information content (AvgIpc) is 2.43. The van der Waals surface area contributed by atoms with Crippen LogP contribution in [0.2, 0.25) is 0 Å². The summed E-state index contributed by atoms with van der Waals surface area (Å²) in [5.74, 6) is -1.70. The van der Waals surface area contributed by atoms with Gasteiger partial charge in [-0.3, -0.25) is 4.79 Å². The molecule has 0 bridgehead atoms. The van der Waals surface area contributed by atoms with Crippen molar-refractivity contribution >= 4 is 23.6 Å². The van der Waals surface area contributed by atoms with Gasteiger partial charge in [0.15, 0.2) is 0 Å². The number of halogens is 1. The molecule has 1 fully saturated rings. The Hall–Kier alpha value is -1.23. The molecule has 2 rings (SSSR count). The summed E-state index contributed by atoms with van der Waals surface area (Å²) < 4.78 is 16.8. The van der Waals surface area contributed by atoms with Gasteiger partial charge in [-0.25, -0.2) is 4.39 Å². The van der Waals surface area contributed by atoms with Crippen molar-refractivity contribution in [1.29, 1.82) is 0 Å². The molecule has 0 heterocycles. The Morgan fingerprint density at radius 2 is 2.10 bits per heavy atom. The standard InChI is InChI=1S/C15H20FNO2S/c1-20-17-13-8-7-11(9-12(13)16)14(15(18)19)10-5-3-2-4-6-10/h7-10,14,17H,2-6H2,1H3,(H,18,19). The van der Waals surface area contributed by atoms with Gasteiger partial charge in [-0.2, -0.15) is 0 Å². The number of rotatable bonds is 5. The van der Waals surface area contributed by atoms with Crippen LogP contribution >= 0.6 is 11.9 Å². The van der Waals surface area contributed by atoms with Crippen LogP contribution in [0.5, 0.6) is 0 Å². The maximum absolute atomic E-state index is 14.0. The van der Waals surface area contributed by atoms with Gasteiger partial charge in [-0.05, 0) is 36.5 Å². The number of anilines is 1. The summed E-state index contributed by atoms with van der Waals surface area (Å²) in [4.78, 5) is 11.6. The van der Waals surface area contributed by atoms with Crippen molar-refractivity contribution in [3.63, 3.8) is 0 Å². The van der Waals surface area contributed by atoms with Crippen molar-refractivity contribution in [3.8, 4) is 0 Å². The van der Waals surface area contributed by atoms with Crippen LogP contribution in [0.25, 0.3) is 0 Å². The molecule has 1 aromatic rings. The normalized spacial score (nSPS) is 17.7. The van der Waals surface area contributed by atoms with Crippen LogP contribution < -0.4 is 4.72 Å². The quantitative estimate of drug-likeness (QED) is 0.797. The van der Waals surface area contributed by atoms with Crippen LogP contribution in [-0.2, 0) is 4.79 Å². The first-order valence-corrected chi connectivity index (χ1v) is 8.17. The Labute approximate surface area is 123 Å². The summed E-state index contributed by atoms with van der Waals surface area (Å²) in [5, 5.41) is 9.50. The largest absolute Gasteiger partial charge is 0.481 e. The van der Waals surface area contributed by atoms with Gasteiger partial charge in [0.25, 0.3) is 0 Å². The molecule has 0 radical (unpaired) electrons. The van der Waals surface area contributed by atoms with Crippen LogP contribution in [0.3, 0.4) is 0 Å². The van der Waals surface area contributed by atoms with Crippen molar-refractivity contribution in [3.05, 3.63) is 29.6 Å². The van der Waals surface area contributed by atoms with Gasteiger partial charge in [0.05, 0.1) is 11.6 Å². The van der Waals surface area contributed by atoms with Gasteiger partial charge in [-0.1, -0.05) is 37.3 Å². The molecule has 20 heavy (non-hydrogen) atoms. The van der Waals surface area contributed by atoms with E-state index in [1.54, 1.807) is 12.1 Å². The van der Waals surface area contributed by atoms with Gasteiger partial charge in [-0.15, -0.1) is 0 Å². The molecule has 110 valence electrons. The fourth-order valence-corrected chi connectivity index (χ4v) is 3.39. The molecule has 3 nitrogen and oxygen atoms in total. The molecule has 1 aromatic carbocycles. The minimum atomic E-state index is -0.845. The minimum absolute atomic E-state index is 0.125. The first-order chi connectivity index (χ1) is 9.63. The van der Waals surface area contributed by atoms with Crippen molar-refractivity contribution in [2.24, 2.45) is 5.92 Å². The van der Waals surface area contributed by atoms with E-state index in [-0.39, 0.29) is 11.7 Å². The predicted molar refractivity (Wildman–Crippen MR) is 80.5 cm³/mol. The van der Waals surface area contributed by atoms with E-state index in [1.807, 2.05) is 6.26 Å². The highest BCUT2D eigenvalue weighted by Crippen LogP contribution is 2.37. The van der Waals surface area contributed by atoms with E-state index in [9.17, 15) is 14.3 Å². The van der Waals surface area contributed by atoms with Crippen molar-refractivity contribution in [1.82, 2.24) is 0 Å². The van der Waals surface area contributed by atoms with Gasteiger partial charge >= 0.3 is 5.97 Å². The fraction of sp³-hybridized carbons (Fsp3) is 0.533. The van der Waals surface area contributed by atoms with Crippen LogP contribution in [0.15, 0.2) is 18.2 Å². The Morgan fingerprint density at radius 1 is 1.40 bits per heavy atom. The molecule has 1 saturated carbocycles. The van der Waals surface area contributed by atoms with Crippen LogP contribution in [0.1, 0.15) is 43.6 Å². The third-order valence-electron chi connectivity index (χ3n) is 3.95. The third-order valence-corrected chi connectivity index (χ3v) is 4.38. The molecule has 2 N–H and O–H groups in total. The van der Waals surface area contributed by atoms with E-state index >= 15 is 0 Å². The molecular formula is C15H20FNO2S. The van der Waals surface area contributed by atoms with E-state index in [0.717, 1.165) is 25.7 Å². The zero-order valence-corrected chi connectivity index (χ0v) is 12.4. The molecule has 1 unspecified atom stereocenters. The lowest BCUT2D eigenvalue weighted by molar-refractivity contribution is -0.140. The number of benzene rings is 1. The van der Waals surface area contributed by atoms with E-state index in [0.29, 0.717) is 11.3 Å². The van der Waals surface area contributed by atoms with Gasteiger partial charge in [0.1, 0.15) is 5.82 Å². The van der Waals surface area contributed by atoms with E-state index in [4.69, 9.17) is 0 Å². The lowest BCUT2D eigenvalue weighted by Crippen LogP contribution is -2.23. The smallest absolute Gasteiger partial charge is 0.311 e. The Morgan fingerprint density at radius 3 is 2.65 bits per heavy atom. The van der Waals surface area contributed by atoms with Gasteiger partial charge in [0.2, 0.25) is 0 Å². The molecule has 0 saturated heterocycles. The summed E-state index contributed by atoms with van der Waals surface area (Å²) in [6.45, 7) is 0. The molecular weight excluding hydrogens is 277 g/mol. The SMILES string of the molecule is CSNc1ccc(C(C(=O)O)C2CCCCC2)cc1F. The molecule has 0 amide bonds. The molecule has 0 spiro atoms. The highest BCUT2D eigenvalue weighted by molar-refractivity contribution is 7.99. The molecule has 0 aromatic heterocycles. The van der Waals surface area contributed by atoms with Crippen LogP contribution in [0.4, 0.5) is 10.1 Å². The zero-order valence-electron chi connectivity index (χ0n) is 11.6. The number of aliphatic carboxylic acids is 1. The first kappa shape index (κ1) is 15.2. The summed E-state index contributed by atoms with van der Waals surface area (Å²) in [7, 11) is 0. The Kier molecular flexibility index (Phi) is 5.29. The van der Waals surface area contributed by atoms with E-state index in [1.165, 1.54) is 24.4 Å². The lowest BCUT2D eigenvalue weighted by atomic mass is 9.77. The van der Waals surface area contributed by atoms with Crippen LogP contribution in [-0.4, -0.2) is 17.3 Å². The van der Waals surface area contributed by atoms with Gasteiger partial charge in [0, 0.05) is 6.26 Å². The number of nitrogens with one attached hydrogen (secondary N) is 1. The highest BCUT2D eigenvalue weighted by atomic mass is 32.2. The third kappa shape index (κ3) is 3.45. The average molecular weight is 297 g/mol. The molecule has 1 aliphatic rings. The van der Waals surface area contributed by atoms with Gasteiger partial charge < -0.3 is 9.83 Å². The highest BCUT2D eigenvalue weighted by Gasteiger charge is 2.31. The van der Waals surface area contributed by atoms with E-state index < -0.39 is 11.9 Å². The van der Waals surface area contributed by atoms with Crippen molar-refractivity contribution in [2.75, 3.05) is 11.0 Å². The molecule has 1 atom stereocenters. The topological polar surface area (TPSA) is 49.3 Å². The molecule has 1 aliphatic carbocycles. The monoisotopic (exact) mass is 297 g/mol. The van der Waals surface area contributed by atoms with Crippen molar-refractivity contribution in [2.45, 2.75) is 38.0 Å². The Bertz CT molecular complexity index is 475. The number of carboxylic acids is 1. The number of carbonyl (C=O) groups is 1. The number of carboxylic acid groups (broad SMARTS) is 1. The summed E-state index contributed by atoms with van der Waals surface area (Å²) in [6.07, 6.45) is 6.97. The Balaban J connectivity index is 2.25. The molecule has 5 heteroatoms.